The van der Waals surface area contributed by atoms with Gasteiger partial charge in [0.1, 0.15) is 24.2 Å². The first-order chi connectivity index (χ1) is 7.47. The lowest BCUT2D eigenvalue weighted by atomic mass is 10.1. The molecule has 86 valence electrons. The van der Waals surface area contributed by atoms with Crippen LogP contribution >= 0.6 is 0 Å². The second-order valence-corrected chi connectivity index (χ2v) is 4.22. The predicted octanol–water partition coefficient (Wildman–Crippen LogP) is -0.318. The van der Waals surface area contributed by atoms with Crippen molar-refractivity contribution in [3.05, 3.63) is 24.0 Å². The molecule has 2 rings (SSSR count). The van der Waals surface area contributed by atoms with Gasteiger partial charge in [-0.15, -0.1) is 15.3 Å². The molecule has 2 heterocycles. The molecule has 1 N–H and O–H groups in total. The Morgan fingerprint density at radius 1 is 1.38 bits per heavy atom. The minimum atomic E-state index is -0.974. The maximum atomic E-state index is 9.73. The van der Waals surface area contributed by atoms with E-state index in [0.29, 0.717) is 12.2 Å². The number of rotatable bonds is 3. The fourth-order valence-electron chi connectivity index (χ4n) is 1.25. The minimum absolute atomic E-state index is 0.486. The van der Waals surface area contributed by atoms with Crippen LogP contribution in [0, 0.1) is 0 Å². The molecule has 0 aliphatic rings. The van der Waals surface area contributed by atoms with Crippen molar-refractivity contribution in [1.29, 1.82) is 0 Å². The van der Waals surface area contributed by atoms with Crippen molar-refractivity contribution in [3.8, 4) is 0 Å². The highest BCUT2D eigenvalue weighted by molar-refractivity contribution is 5.03. The molecule has 0 unspecified atom stereocenters. The summed E-state index contributed by atoms with van der Waals surface area (Å²) < 4.78 is 3.43. The molecule has 0 fully saturated rings. The molecule has 0 spiro atoms. The number of hydrogen-bond acceptors (Lipinski definition) is 5. The van der Waals surface area contributed by atoms with Crippen LogP contribution in [0.25, 0.3) is 0 Å². The van der Waals surface area contributed by atoms with Gasteiger partial charge >= 0.3 is 0 Å². The molecule has 0 bridgehead atoms. The van der Waals surface area contributed by atoms with Crippen LogP contribution in [0.1, 0.15) is 25.4 Å². The van der Waals surface area contributed by atoms with Gasteiger partial charge in [0.25, 0.3) is 0 Å². The molecule has 0 saturated carbocycles. The monoisotopic (exact) mass is 222 g/mol. The van der Waals surface area contributed by atoms with Crippen LogP contribution in [0.4, 0.5) is 0 Å². The summed E-state index contributed by atoms with van der Waals surface area (Å²) in [5.74, 6) is 0.784. The first-order valence-corrected chi connectivity index (χ1v) is 4.92. The second kappa shape index (κ2) is 3.67. The van der Waals surface area contributed by atoms with E-state index in [1.807, 2.05) is 11.6 Å². The normalized spacial score (nSPS) is 12.0. The molecule has 2 aromatic rings. The third kappa shape index (κ3) is 2.08. The molecule has 0 saturated heterocycles. The lowest BCUT2D eigenvalue weighted by Crippen LogP contribution is -2.15. The highest BCUT2D eigenvalue weighted by Crippen LogP contribution is 2.15. The van der Waals surface area contributed by atoms with Gasteiger partial charge in [-0.05, 0) is 13.8 Å². The molecule has 7 nitrogen and oxygen atoms in total. The third-order valence-corrected chi connectivity index (χ3v) is 2.27. The molecule has 0 aliphatic heterocycles. The maximum Gasteiger partial charge on any atom is 0.154 e. The Balaban J connectivity index is 2.18. The Labute approximate surface area is 92.7 Å². The van der Waals surface area contributed by atoms with Crippen molar-refractivity contribution in [2.75, 3.05) is 0 Å². The van der Waals surface area contributed by atoms with Gasteiger partial charge in [-0.1, -0.05) is 5.21 Å². The van der Waals surface area contributed by atoms with Crippen molar-refractivity contribution >= 4 is 0 Å². The molecule has 0 aromatic carbocycles. The summed E-state index contributed by atoms with van der Waals surface area (Å²) in [6, 6.07) is 0. The summed E-state index contributed by atoms with van der Waals surface area (Å²) in [6.07, 6.45) is 3.33. The molecule has 16 heavy (non-hydrogen) atoms. The largest absolute Gasteiger partial charge is 0.384 e. The maximum absolute atomic E-state index is 9.73. The van der Waals surface area contributed by atoms with Crippen LogP contribution in [0.15, 0.2) is 12.5 Å². The fraction of sp³-hybridized carbons (Fsp3) is 0.556. The van der Waals surface area contributed by atoms with Crippen LogP contribution in [-0.4, -0.2) is 34.9 Å². The van der Waals surface area contributed by atoms with E-state index in [-0.39, 0.29) is 0 Å². The van der Waals surface area contributed by atoms with Gasteiger partial charge < -0.3 is 9.67 Å². The second-order valence-electron chi connectivity index (χ2n) is 4.22. The third-order valence-electron chi connectivity index (χ3n) is 2.27. The van der Waals surface area contributed by atoms with Gasteiger partial charge in [0.2, 0.25) is 0 Å². The predicted molar refractivity (Wildman–Crippen MR) is 55.4 cm³/mol. The van der Waals surface area contributed by atoms with E-state index < -0.39 is 5.60 Å². The standard InChI is InChI=1S/C9H14N6O/c1-9(2,16)7-4-15(13-11-7)5-8-12-10-6-14(8)3/h4,6,16H,5H2,1-3H3. The van der Waals surface area contributed by atoms with Gasteiger partial charge in [-0.25, -0.2) is 4.68 Å². The van der Waals surface area contributed by atoms with E-state index in [0.717, 1.165) is 5.82 Å². The number of nitrogens with zero attached hydrogens (tertiary/aromatic N) is 6. The van der Waals surface area contributed by atoms with E-state index in [1.54, 1.807) is 31.1 Å². The SMILES string of the molecule is Cn1cnnc1Cn1cc(C(C)(C)O)nn1. The Kier molecular flexibility index (Phi) is 2.47. The average Bonchev–Trinajstić information content (AvgIpc) is 2.76. The van der Waals surface area contributed by atoms with Crippen LogP contribution < -0.4 is 0 Å². The first-order valence-electron chi connectivity index (χ1n) is 4.92. The smallest absolute Gasteiger partial charge is 0.154 e. The number of aryl methyl sites for hydroxylation is 1. The van der Waals surface area contributed by atoms with Gasteiger partial charge in [0.05, 0.1) is 6.20 Å². The van der Waals surface area contributed by atoms with Crippen molar-refractivity contribution in [2.24, 2.45) is 7.05 Å². The average molecular weight is 222 g/mol. The van der Waals surface area contributed by atoms with E-state index in [2.05, 4.69) is 20.5 Å². The number of hydrogen-bond donors (Lipinski definition) is 1. The van der Waals surface area contributed by atoms with Crippen molar-refractivity contribution < 1.29 is 5.11 Å². The molecular weight excluding hydrogens is 208 g/mol. The molecule has 2 aromatic heterocycles. The van der Waals surface area contributed by atoms with Crippen LogP contribution in [0.2, 0.25) is 0 Å². The van der Waals surface area contributed by atoms with Gasteiger partial charge in [-0.2, -0.15) is 0 Å². The Bertz CT molecular complexity index is 480. The van der Waals surface area contributed by atoms with Gasteiger partial charge in [0.15, 0.2) is 5.82 Å². The quantitative estimate of drug-likeness (QED) is 0.769. The first kappa shape index (κ1) is 10.7. The summed E-state index contributed by atoms with van der Waals surface area (Å²) >= 11 is 0. The number of aliphatic hydroxyl groups is 1. The molecule has 0 radical (unpaired) electrons. The summed E-state index contributed by atoms with van der Waals surface area (Å²) in [4.78, 5) is 0. The molecule has 7 heteroatoms. The highest BCUT2D eigenvalue weighted by atomic mass is 16.3. The lowest BCUT2D eigenvalue weighted by Gasteiger charge is -2.11. The molecular formula is C9H14N6O. The zero-order chi connectivity index (χ0) is 11.8. The minimum Gasteiger partial charge on any atom is -0.384 e. The Morgan fingerprint density at radius 3 is 2.62 bits per heavy atom. The van der Waals surface area contributed by atoms with E-state index in [4.69, 9.17) is 0 Å². The van der Waals surface area contributed by atoms with Crippen LogP contribution in [0.5, 0.6) is 0 Å². The number of aromatic nitrogens is 6. The zero-order valence-corrected chi connectivity index (χ0v) is 9.49. The Morgan fingerprint density at radius 2 is 2.12 bits per heavy atom. The molecule has 0 amide bonds. The lowest BCUT2D eigenvalue weighted by molar-refractivity contribution is 0.0737. The van der Waals surface area contributed by atoms with Crippen LogP contribution in [-0.2, 0) is 19.2 Å². The van der Waals surface area contributed by atoms with Crippen molar-refractivity contribution in [1.82, 2.24) is 29.8 Å². The van der Waals surface area contributed by atoms with Crippen molar-refractivity contribution in [2.45, 2.75) is 26.0 Å². The summed E-state index contributed by atoms with van der Waals surface area (Å²) in [7, 11) is 1.86. The highest BCUT2D eigenvalue weighted by Gasteiger charge is 2.20. The zero-order valence-electron chi connectivity index (χ0n) is 9.49. The van der Waals surface area contributed by atoms with Gasteiger partial charge in [0, 0.05) is 7.05 Å². The summed E-state index contributed by atoms with van der Waals surface area (Å²) in [5, 5.41) is 25.3. The summed E-state index contributed by atoms with van der Waals surface area (Å²) in [5.41, 5.74) is -0.437. The van der Waals surface area contributed by atoms with Gasteiger partial charge in [-0.3, -0.25) is 0 Å². The molecule has 0 atom stereocenters. The van der Waals surface area contributed by atoms with Crippen LogP contribution in [0.3, 0.4) is 0 Å². The summed E-state index contributed by atoms with van der Waals surface area (Å²) in [6.45, 7) is 3.83. The topological polar surface area (TPSA) is 81.7 Å². The van der Waals surface area contributed by atoms with Crippen molar-refractivity contribution in [3.63, 3.8) is 0 Å². The Hall–Kier alpha value is -1.76. The van der Waals surface area contributed by atoms with E-state index in [1.165, 1.54) is 0 Å². The fourth-order valence-corrected chi connectivity index (χ4v) is 1.25. The molecule has 0 aliphatic carbocycles. The van der Waals surface area contributed by atoms with E-state index >= 15 is 0 Å². The van der Waals surface area contributed by atoms with E-state index in [9.17, 15) is 5.11 Å².